The smallest absolute Gasteiger partial charge is 0.318 e. The lowest BCUT2D eigenvalue weighted by Crippen LogP contribution is -2.37. The molecule has 0 spiro atoms. The molecule has 0 saturated heterocycles. The molecule has 8 heteroatoms. The minimum atomic E-state index is -0.398. The van der Waals surface area contributed by atoms with Crippen molar-refractivity contribution in [3.63, 3.8) is 0 Å². The highest BCUT2D eigenvalue weighted by molar-refractivity contribution is 6.30. The van der Waals surface area contributed by atoms with Gasteiger partial charge in [-0.05, 0) is 42.8 Å². The van der Waals surface area contributed by atoms with E-state index in [1.165, 1.54) is 4.90 Å². The van der Waals surface area contributed by atoms with Gasteiger partial charge in [-0.25, -0.2) is 9.48 Å². The summed E-state index contributed by atoms with van der Waals surface area (Å²) < 4.78 is 1.74. The second kappa shape index (κ2) is 9.44. The highest BCUT2D eigenvalue weighted by Crippen LogP contribution is 2.27. The van der Waals surface area contributed by atoms with E-state index in [0.29, 0.717) is 16.5 Å². The Kier molecular flexibility index (Phi) is 6.89. The van der Waals surface area contributed by atoms with Crippen molar-refractivity contribution >= 4 is 35.0 Å². The summed E-state index contributed by atoms with van der Waals surface area (Å²) >= 11 is 5.87. The van der Waals surface area contributed by atoms with Crippen LogP contribution in [0.4, 0.5) is 16.3 Å². The van der Waals surface area contributed by atoms with Crippen molar-refractivity contribution in [3.05, 3.63) is 70.9 Å². The van der Waals surface area contributed by atoms with E-state index in [9.17, 15) is 9.59 Å². The zero-order valence-electron chi connectivity index (χ0n) is 18.9. The maximum atomic E-state index is 12.8. The van der Waals surface area contributed by atoms with Crippen molar-refractivity contribution in [1.29, 1.82) is 0 Å². The highest BCUT2D eigenvalue weighted by Gasteiger charge is 2.22. The van der Waals surface area contributed by atoms with Gasteiger partial charge in [-0.3, -0.25) is 4.79 Å². The fourth-order valence-corrected chi connectivity index (χ4v) is 3.17. The van der Waals surface area contributed by atoms with Gasteiger partial charge in [-0.1, -0.05) is 50.6 Å². The van der Waals surface area contributed by atoms with Gasteiger partial charge >= 0.3 is 6.03 Å². The van der Waals surface area contributed by atoms with Crippen LogP contribution >= 0.6 is 11.6 Å². The number of hydrogen-bond donors (Lipinski definition) is 2. The molecule has 0 atom stereocenters. The van der Waals surface area contributed by atoms with Gasteiger partial charge in [0.1, 0.15) is 12.4 Å². The molecule has 2 aromatic carbocycles. The number of amides is 3. The number of nitrogens with one attached hydrogen (secondary N) is 2. The second-order valence-corrected chi connectivity index (χ2v) is 9.14. The van der Waals surface area contributed by atoms with Crippen molar-refractivity contribution in [2.45, 2.75) is 33.1 Å². The Labute approximate surface area is 193 Å². The Morgan fingerprint density at radius 1 is 1.06 bits per heavy atom. The van der Waals surface area contributed by atoms with Gasteiger partial charge in [-0.2, -0.15) is 5.10 Å². The topological polar surface area (TPSA) is 79.3 Å². The molecule has 3 aromatic rings. The summed E-state index contributed by atoms with van der Waals surface area (Å²) in [5.41, 5.74) is 3.17. The number of aryl methyl sites for hydroxylation is 1. The number of carbonyl (C=O) groups excluding carboxylic acids is 2. The summed E-state index contributed by atoms with van der Waals surface area (Å²) in [6, 6.07) is 16.1. The third kappa shape index (κ3) is 5.68. The molecular formula is C24H28ClN5O2. The lowest BCUT2D eigenvalue weighted by atomic mass is 9.92. The van der Waals surface area contributed by atoms with Crippen molar-refractivity contribution in [3.8, 4) is 5.69 Å². The number of urea groups is 1. The van der Waals surface area contributed by atoms with Crippen LogP contribution in [-0.2, 0) is 10.2 Å². The molecule has 168 valence electrons. The van der Waals surface area contributed by atoms with Crippen LogP contribution in [0.15, 0.2) is 54.6 Å². The lowest BCUT2D eigenvalue weighted by molar-refractivity contribution is -0.116. The average molecular weight is 454 g/mol. The van der Waals surface area contributed by atoms with Crippen LogP contribution < -0.4 is 10.6 Å². The first-order valence-electron chi connectivity index (χ1n) is 10.3. The summed E-state index contributed by atoms with van der Waals surface area (Å²) in [7, 11) is 1.56. The van der Waals surface area contributed by atoms with Gasteiger partial charge in [0.05, 0.1) is 11.4 Å². The number of hydrogen-bond acceptors (Lipinski definition) is 3. The van der Waals surface area contributed by atoms with Gasteiger partial charge in [0.2, 0.25) is 5.91 Å². The van der Waals surface area contributed by atoms with E-state index in [0.717, 1.165) is 16.9 Å². The Hall–Kier alpha value is -3.32. The molecule has 2 N–H and O–H groups in total. The Bertz CT molecular complexity index is 1120. The normalized spacial score (nSPS) is 11.2. The number of halogens is 1. The summed E-state index contributed by atoms with van der Waals surface area (Å²) in [5.74, 6) is 0.231. The summed E-state index contributed by atoms with van der Waals surface area (Å²) in [4.78, 5) is 26.5. The number of aromatic nitrogens is 2. The number of nitrogens with zero attached hydrogens (tertiary/aromatic N) is 3. The number of para-hydroxylation sites is 1. The first-order valence-corrected chi connectivity index (χ1v) is 10.7. The van der Waals surface area contributed by atoms with Crippen molar-refractivity contribution in [2.75, 3.05) is 24.2 Å². The maximum Gasteiger partial charge on any atom is 0.322 e. The van der Waals surface area contributed by atoms with Gasteiger partial charge in [0.15, 0.2) is 0 Å². The monoisotopic (exact) mass is 453 g/mol. The highest BCUT2D eigenvalue weighted by atomic mass is 35.5. The first-order chi connectivity index (χ1) is 15.0. The fraction of sp³-hybridized carbons (Fsp3) is 0.292. The van der Waals surface area contributed by atoms with Crippen molar-refractivity contribution in [1.82, 2.24) is 14.7 Å². The van der Waals surface area contributed by atoms with Gasteiger partial charge in [0, 0.05) is 29.2 Å². The van der Waals surface area contributed by atoms with Crippen LogP contribution in [0.3, 0.4) is 0 Å². The molecule has 3 amide bonds. The molecule has 1 aromatic heterocycles. The van der Waals surface area contributed by atoms with E-state index in [-0.39, 0.29) is 17.9 Å². The van der Waals surface area contributed by atoms with E-state index in [4.69, 9.17) is 16.7 Å². The minimum Gasteiger partial charge on any atom is -0.318 e. The Morgan fingerprint density at radius 2 is 1.72 bits per heavy atom. The van der Waals surface area contributed by atoms with Crippen LogP contribution in [0.5, 0.6) is 0 Å². The number of likely N-dealkylation sites (N-methyl/N-ethyl adjacent to an activating group) is 1. The van der Waals surface area contributed by atoms with Gasteiger partial charge in [0.25, 0.3) is 0 Å². The molecular weight excluding hydrogens is 426 g/mol. The Morgan fingerprint density at radius 3 is 2.34 bits per heavy atom. The van der Waals surface area contributed by atoms with Crippen LogP contribution in [0.25, 0.3) is 5.69 Å². The molecule has 0 fully saturated rings. The van der Waals surface area contributed by atoms with Crippen molar-refractivity contribution < 1.29 is 9.59 Å². The number of benzene rings is 2. The average Bonchev–Trinajstić information content (AvgIpc) is 3.13. The number of rotatable bonds is 5. The SMILES string of the molecule is Cc1ccccc1-n1nc(C(C)(C)C)cc1NC(=O)CN(C)C(=O)Nc1ccc(Cl)cc1. The molecule has 32 heavy (non-hydrogen) atoms. The third-order valence-electron chi connectivity index (χ3n) is 4.91. The lowest BCUT2D eigenvalue weighted by Gasteiger charge is -2.18. The summed E-state index contributed by atoms with van der Waals surface area (Å²) in [6.45, 7) is 8.07. The molecule has 0 saturated carbocycles. The van der Waals surface area contributed by atoms with Gasteiger partial charge in [-0.15, -0.1) is 0 Å². The number of anilines is 2. The second-order valence-electron chi connectivity index (χ2n) is 8.70. The van der Waals surface area contributed by atoms with Gasteiger partial charge < -0.3 is 15.5 Å². The zero-order valence-corrected chi connectivity index (χ0v) is 19.7. The minimum absolute atomic E-state index is 0.122. The molecule has 1 heterocycles. The van der Waals surface area contributed by atoms with Crippen LogP contribution in [-0.4, -0.2) is 40.2 Å². The predicted octanol–water partition coefficient (Wildman–Crippen LogP) is 5.23. The third-order valence-corrected chi connectivity index (χ3v) is 5.16. The Balaban J connectivity index is 1.75. The summed E-state index contributed by atoms with van der Waals surface area (Å²) in [6.07, 6.45) is 0. The van der Waals surface area contributed by atoms with Crippen molar-refractivity contribution in [2.24, 2.45) is 0 Å². The first kappa shape index (κ1) is 23.3. The number of carbonyl (C=O) groups is 2. The summed E-state index contributed by atoms with van der Waals surface area (Å²) in [5, 5.41) is 11.0. The molecule has 0 aliphatic rings. The molecule has 7 nitrogen and oxygen atoms in total. The molecule has 0 aliphatic heterocycles. The molecule has 3 rings (SSSR count). The maximum absolute atomic E-state index is 12.8. The predicted molar refractivity (Wildman–Crippen MR) is 129 cm³/mol. The molecule has 0 aliphatic carbocycles. The van der Waals surface area contributed by atoms with Crippen LogP contribution in [0, 0.1) is 6.92 Å². The van der Waals surface area contributed by atoms with Crippen LogP contribution in [0.2, 0.25) is 5.02 Å². The quantitative estimate of drug-likeness (QED) is 0.554. The van der Waals surface area contributed by atoms with E-state index in [1.807, 2.05) is 37.3 Å². The van der Waals surface area contributed by atoms with E-state index in [2.05, 4.69) is 31.4 Å². The van der Waals surface area contributed by atoms with E-state index >= 15 is 0 Å². The molecule has 0 radical (unpaired) electrons. The standard InChI is InChI=1S/C24H28ClN5O2/c1-16-8-6-7-9-19(16)30-21(14-20(28-30)24(2,3)4)27-22(31)15-29(5)23(32)26-18-12-10-17(25)11-13-18/h6-14H,15H2,1-5H3,(H,26,32)(H,27,31). The molecule has 0 unspecified atom stereocenters. The molecule has 0 bridgehead atoms. The van der Waals surface area contributed by atoms with E-state index in [1.54, 1.807) is 36.0 Å². The van der Waals surface area contributed by atoms with Crippen LogP contribution in [0.1, 0.15) is 32.0 Å². The largest absolute Gasteiger partial charge is 0.322 e. The fourth-order valence-electron chi connectivity index (χ4n) is 3.04. The zero-order chi connectivity index (χ0) is 23.5. The van der Waals surface area contributed by atoms with E-state index < -0.39 is 6.03 Å².